The lowest BCUT2D eigenvalue weighted by atomic mass is 9.97. The first-order valence-electron chi connectivity index (χ1n) is 4.06. The van der Waals surface area contributed by atoms with E-state index in [0.29, 0.717) is 0 Å². The predicted octanol–water partition coefficient (Wildman–Crippen LogP) is 3.07. The van der Waals surface area contributed by atoms with E-state index in [2.05, 4.69) is 5.32 Å². The summed E-state index contributed by atoms with van der Waals surface area (Å²) in [4.78, 5) is 0. The second-order valence-electron chi connectivity index (χ2n) is 3.08. The minimum Gasteiger partial charge on any atom is -0.310 e. The molecule has 0 aliphatic carbocycles. The molecule has 0 bridgehead atoms. The molecule has 1 atom stereocenters. The van der Waals surface area contributed by atoms with Gasteiger partial charge in [0.1, 0.15) is 11.6 Å². The van der Waals surface area contributed by atoms with Crippen LogP contribution in [0.3, 0.4) is 0 Å². The van der Waals surface area contributed by atoms with Crippen LogP contribution in [0, 0.1) is 11.6 Å². The van der Waals surface area contributed by atoms with Crippen LogP contribution in [-0.4, -0.2) is 6.54 Å². The molecule has 2 rings (SSSR count). The van der Waals surface area contributed by atoms with Crippen molar-refractivity contribution in [3.8, 4) is 0 Å². The third kappa shape index (κ3) is 2.00. The van der Waals surface area contributed by atoms with Crippen molar-refractivity contribution in [1.82, 2.24) is 5.32 Å². The van der Waals surface area contributed by atoms with Crippen LogP contribution in [0.5, 0.6) is 0 Å². The van der Waals surface area contributed by atoms with Gasteiger partial charge in [0.15, 0.2) is 0 Å². The highest BCUT2D eigenvalue weighted by Gasteiger charge is 2.25. The van der Waals surface area contributed by atoms with E-state index in [0.717, 1.165) is 25.1 Å². The van der Waals surface area contributed by atoms with Crippen molar-refractivity contribution in [2.75, 3.05) is 6.54 Å². The van der Waals surface area contributed by atoms with Crippen molar-refractivity contribution < 1.29 is 8.78 Å². The van der Waals surface area contributed by atoms with Gasteiger partial charge in [0.25, 0.3) is 0 Å². The third-order valence-corrected chi connectivity index (χ3v) is 2.43. The summed E-state index contributed by atoms with van der Waals surface area (Å²) in [5.74, 6) is -1.13. The average molecular weight is 240 g/mol. The molecule has 1 heterocycles. The Morgan fingerprint density at radius 2 is 1.79 bits per heavy atom. The lowest BCUT2D eigenvalue weighted by Crippen LogP contribution is -2.36. The lowest BCUT2D eigenvalue weighted by molar-refractivity contribution is 0.356. The maximum Gasteiger partial charge on any atom is 0.132 e. The van der Waals surface area contributed by atoms with E-state index in [1.165, 1.54) is 0 Å². The summed E-state index contributed by atoms with van der Waals surface area (Å²) in [6, 6.07) is 2.09. The zero-order valence-corrected chi connectivity index (χ0v) is 8.76. The normalized spacial score (nSPS) is 19.8. The molecular formula is C9H9Cl2F2N. The quantitative estimate of drug-likeness (QED) is 0.795. The van der Waals surface area contributed by atoms with Gasteiger partial charge >= 0.3 is 0 Å². The van der Waals surface area contributed by atoms with Crippen molar-refractivity contribution in [3.05, 3.63) is 34.4 Å². The van der Waals surface area contributed by atoms with Crippen LogP contribution in [0.15, 0.2) is 12.1 Å². The summed E-state index contributed by atoms with van der Waals surface area (Å²) in [6.07, 6.45) is 0.773. The Morgan fingerprint density at radius 3 is 2.14 bits per heavy atom. The summed E-state index contributed by atoms with van der Waals surface area (Å²) in [6.45, 7) is 0.812. The Kier molecular flexibility index (Phi) is 3.70. The highest BCUT2D eigenvalue weighted by Crippen LogP contribution is 2.29. The molecule has 1 aromatic rings. The van der Waals surface area contributed by atoms with Gasteiger partial charge in [-0.2, -0.15) is 0 Å². The van der Waals surface area contributed by atoms with Gasteiger partial charge in [-0.05, 0) is 25.1 Å². The molecule has 1 aliphatic heterocycles. The smallest absolute Gasteiger partial charge is 0.132 e. The molecule has 1 fully saturated rings. The molecule has 0 spiro atoms. The minimum absolute atomic E-state index is 0. The van der Waals surface area contributed by atoms with Crippen molar-refractivity contribution in [2.24, 2.45) is 0 Å². The van der Waals surface area contributed by atoms with Gasteiger partial charge in [0.2, 0.25) is 0 Å². The van der Waals surface area contributed by atoms with E-state index in [1.54, 1.807) is 0 Å². The summed E-state index contributed by atoms with van der Waals surface area (Å²) in [7, 11) is 0. The van der Waals surface area contributed by atoms with E-state index < -0.39 is 11.6 Å². The van der Waals surface area contributed by atoms with Gasteiger partial charge < -0.3 is 5.32 Å². The highest BCUT2D eigenvalue weighted by atomic mass is 35.5. The molecule has 78 valence electrons. The van der Waals surface area contributed by atoms with Crippen LogP contribution < -0.4 is 5.32 Å². The van der Waals surface area contributed by atoms with Crippen LogP contribution in [0.2, 0.25) is 5.02 Å². The Balaban J connectivity index is 0.000000980. The Labute approximate surface area is 91.9 Å². The topological polar surface area (TPSA) is 12.0 Å². The van der Waals surface area contributed by atoms with E-state index in [1.807, 2.05) is 0 Å². The predicted molar refractivity (Wildman–Crippen MR) is 54.0 cm³/mol. The van der Waals surface area contributed by atoms with Gasteiger partial charge in [-0.15, -0.1) is 12.4 Å². The highest BCUT2D eigenvalue weighted by molar-refractivity contribution is 6.30. The number of nitrogens with one attached hydrogen (secondary N) is 1. The van der Waals surface area contributed by atoms with Crippen LogP contribution in [0.1, 0.15) is 18.0 Å². The number of hydrogen-bond acceptors (Lipinski definition) is 1. The van der Waals surface area contributed by atoms with Crippen LogP contribution in [0.25, 0.3) is 0 Å². The van der Waals surface area contributed by atoms with Crippen molar-refractivity contribution in [2.45, 2.75) is 12.5 Å². The Bertz CT molecular complexity index is 317. The molecular weight excluding hydrogens is 231 g/mol. The monoisotopic (exact) mass is 239 g/mol. The van der Waals surface area contributed by atoms with Gasteiger partial charge in [0.05, 0.1) is 0 Å². The summed E-state index contributed by atoms with van der Waals surface area (Å²) >= 11 is 5.49. The molecule has 0 aromatic heterocycles. The number of rotatable bonds is 1. The lowest BCUT2D eigenvalue weighted by Gasteiger charge is -2.28. The van der Waals surface area contributed by atoms with E-state index in [9.17, 15) is 8.78 Å². The fourth-order valence-corrected chi connectivity index (χ4v) is 1.61. The number of benzene rings is 1. The summed E-state index contributed by atoms with van der Waals surface area (Å²) < 4.78 is 26.4. The van der Waals surface area contributed by atoms with Gasteiger partial charge in [0, 0.05) is 16.6 Å². The SMILES string of the molecule is Cl.Fc1cc(Cl)cc(F)c1[C@H]1CCN1. The van der Waals surface area contributed by atoms with Crippen LogP contribution >= 0.6 is 24.0 Å². The molecule has 0 saturated carbocycles. The summed E-state index contributed by atoms with van der Waals surface area (Å²) in [5.41, 5.74) is 0.107. The minimum atomic E-state index is -0.567. The van der Waals surface area contributed by atoms with Crippen molar-refractivity contribution >= 4 is 24.0 Å². The maximum absolute atomic E-state index is 13.2. The average Bonchev–Trinajstić information content (AvgIpc) is 1.92. The first-order chi connectivity index (χ1) is 6.18. The first kappa shape index (κ1) is 11.7. The number of hydrogen-bond donors (Lipinski definition) is 1. The molecule has 14 heavy (non-hydrogen) atoms. The zero-order chi connectivity index (χ0) is 9.42. The molecule has 1 nitrogen and oxygen atoms in total. The standard InChI is InChI=1S/C9H8ClF2N.ClH/c10-5-3-6(11)9(7(12)4-5)8-1-2-13-8;/h3-4,8,13H,1-2H2;1H/t8-;/m1./s1. The molecule has 1 N–H and O–H groups in total. The summed E-state index contributed by atoms with van der Waals surface area (Å²) in [5, 5.41) is 3.04. The maximum atomic E-state index is 13.2. The molecule has 5 heteroatoms. The van der Waals surface area contributed by atoms with E-state index in [4.69, 9.17) is 11.6 Å². The van der Waals surface area contributed by atoms with E-state index >= 15 is 0 Å². The fourth-order valence-electron chi connectivity index (χ4n) is 1.42. The third-order valence-electron chi connectivity index (χ3n) is 2.22. The second-order valence-corrected chi connectivity index (χ2v) is 3.51. The molecule has 0 radical (unpaired) electrons. The molecule has 0 amide bonds. The molecule has 1 aliphatic rings. The van der Waals surface area contributed by atoms with E-state index in [-0.39, 0.29) is 29.0 Å². The molecule has 1 aromatic carbocycles. The fraction of sp³-hybridized carbons (Fsp3) is 0.333. The Hall–Kier alpha value is -0.380. The Morgan fingerprint density at radius 1 is 1.29 bits per heavy atom. The molecule has 1 saturated heterocycles. The second kappa shape index (κ2) is 4.43. The zero-order valence-electron chi connectivity index (χ0n) is 7.19. The van der Waals surface area contributed by atoms with Gasteiger partial charge in [-0.3, -0.25) is 0 Å². The van der Waals surface area contributed by atoms with Crippen LogP contribution in [0.4, 0.5) is 8.78 Å². The van der Waals surface area contributed by atoms with Crippen LogP contribution in [-0.2, 0) is 0 Å². The molecule has 0 unspecified atom stereocenters. The largest absolute Gasteiger partial charge is 0.310 e. The van der Waals surface area contributed by atoms with Crippen molar-refractivity contribution in [3.63, 3.8) is 0 Å². The van der Waals surface area contributed by atoms with Gasteiger partial charge in [-0.1, -0.05) is 11.6 Å². The first-order valence-corrected chi connectivity index (χ1v) is 4.44. The van der Waals surface area contributed by atoms with Gasteiger partial charge in [-0.25, -0.2) is 8.78 Å². The number of halogens is 4. The van der Waals surface area contributed by atoms with Crippen molar-refractivity contribution in [1.29, 1.82) is 0 Å².